The van der Waals surface area contributed by atoms with E-state index in [1.54, 1.807) is 6.07 Å². The van der Waals surface area contributed by atoms with E-state index in [9.17, 15) is 4.39 Å². The van der Waals surface area contributed by atoms with Crippen molar-refractivity contribution >= 4 is 29.9 Å². The molecule has 18 heavy (non-hydrogen) atoms. The van der Waals surface area contributed by atoms with Crippen LogP contribution in [0.4, 0.5) is 4.39 Å². The first-order chi connectivity index (χ1) is 8.17. The van der Waals surface area contributed by atoms with Gasteiger partial charge in [-0.3, -0.25) is 4.99 Å². The van der Waals surface area contributed by atoms with Gasteiger partial charge in [-0.05, 0) is 38.0 Å². The van der Waals surface area contributed by atoms with Crippen molar-refractivity contribution in [1.82, 2.24) is 4.90 Å². The van der Waals surface area contributed by atoms with Crippen molar-refractivity contribution in [2.75, 3.05) is 19.6 Å². The van der Waals surface area contributed by atoms with Crippen LogP contribution in [0.5, 0.6) is 0 Å². The zero-order valence-electron chi connectivity index (χ0n) is 10.9. The van der Waals surface area contributed by atoms with Crippen LogP contribution in [-0.2, 0) is 6.42 Å². The molecule has 3 nitrogen and oxygen atoms in total. The number of nitrogens with two attached hydrogens (primary N) is 1. The zero-order chi connectivity index (χ0) is 12.7. The molecule has 1 rings (SSSR count). The van der Waals surface area contributed by atoms with Crippen LogP contribution in [0.3, 0.4) is 0 Å². The normalized spacial score (nSPS) is 10.9. The van der Waals surface area contributed by atoms with Gasteiger partial charge in [0, 0.05) is 19.6 Å². The molecule has 1 aromatic carbocycles. The number of guanidine groups is 1. The topological polar surface area (TPSA) is 41.6 Å². The lowest BCUT2D eigenvalue weighted by atomic mass is 10.1. The Morgan fingerprint density at radius 3 is 2.56 bits per heavy atom. The lowest BCUT2D eigenvalue weighted by Gasteiger charge is -2.19. The van der Waals surface area contributed by atoms with Crippen molar-refractivity contribution in [3.63, 3.8) is 0 Å². The molecule has 0 aliphatic heterocycles. The van der Waals surface area contributed by atoms with Gasteiger partial charge < -0.3 is 10.6 Å². The lowest BCUT2D eigenvalue weighted by molar-refractivity contribution is 0.458. The number of rotatable bonds is 5. The highest BCUT2D eigenvalue weighted by Gasteiger charge is 2.01. The van der Waals surface area contributed by atoms with Gasteiger partial charge in [0.2, 0.25) is 0 Å². The molecule has 0 bridgehead atoms. The maximum atomic E-state index is 12.9. The van der Waals surface area contributed by atoms with Crippen molar-refractivity contribution in [2.24, 2.45) is 10.7 Å². The number of halogens is 2. The van der Waals surface area contributed by atoms with Gasteiger partial charge in [-0.25, -0.2) is 4.39 Å². The molecule has 0 saturated heterocycles. The third kappa shape index (κ3) is 5.66. The van der Waals surface area contributed by atoms with E-state index in [0.29, 0.717) is 18.9 Å². The van der Waals surface area contributed by atoms with Crippen LogP contribution in [0.2, 0.25) is 0 Å². The van der Waals surface area contributed by atoms with Crippen LogP contribution in [-0.4, -0.2) is 30.5 Å². The molecule has 0 radical (unpaired) electrons. The highest BCUT2D eigenvalue weighted by molar-refractivity contribution is 14.0. The third-order valence-corrected chi connectivity index (χ3v) is 2.65. The Hall–Kier alpha value is -0.850. The lowest BCUT2D eigenvalue weighted by Crippen LogP contribution is -2.37. The van der Waals surface area contributed by atoms with E-state index in [1.165, 1.54) is 12.1 Å². The fourth-order valence-corrected chi connectivity index (χ4v) is 1.64. The Balaban J connectivity index is 0.00000289. The van der Waals surface area contributed by atoms with Crippen molar-refractivity contribution in [3.8, 4) is 0 Å². The summed E-state index contributed by atoms with van der Waals surface area (Å²) in [4.78, 5) is 6.28. The molecule has 2 N–H and O–H groups in total. The Kier molecular flexibility index (Phi) is 8.70. The summed E-state index contributed by atoms with van der Waals surface area (Å²) >= 11 is 0. The molecule has 0 saturated carbocycles. The second-order valence-corrected chi connectivity index (χ2v) is 3.79. The summed E-state index contributed by atoms with van der Waals surface area (Å²) in [7, 11) is 0. The van der Waals surface area contributed by atoms with Gasteiger partial charge in [-0.2, -0.15) is 0 Å². The van der Waals surface area contributed by atoms with Gasteiger partial charge in [-0.15, -0.1) is 24.0 Å². The molecule has 0 aromatic heterocycles. The van der Waals surface area contributed by atoms with Crippen LogP contribution >= 0.6 is 24.0 Å². The Bertz CT molecular complexity index is 378. The molecule has 0 atom stereocenters. The number of benzene rings is 1. The maximum absolute atomic E-state index is 12.9. The first-order valence-electron chi connectivity index (χ1n) is 5.96. The molecule has 0 spiro atoms. The first-order valence-corrected chi connectivity index (χ1v) is 5.96. The SMILES string of the molecule is CCN(CC)C(N)=NCCc1cccc(F)c1.I. The van der Waals surface area contributed by atoms with Crippen molar-refractivity contribution in [2.45, 2.75) is 20.3 Å². The van der Waals surface area contributed by atoms with Gasteiger partial charge in [0.1, 0.15) is 5.82 Å². The smallest absolute Gasteiger partial charge is 0.191 e. The summed E-state index contributed by atoms with van der Waals surface area (Å²) < 4.78 is 12.9. The summed E-state index contributed by atoms with van der Waals surface area (Å²) in [5.74, 6) is 0.356. The number of aliphatic imine (C=N–C) groups is 1. The highest BCUT2D eigenvalue weighted by Crippen LogP contribution is 2.04. The summed E-state index contributed by atoms with van der Waals surface area (Å²) in [5.41, 5.74) is 6.78. The van der Waals surface area contributed by atoms with E-state index in [0.717, 1.165) is 18.7 Å². The summed E-state index contributed by atoms with van der Waals surface area (Å²) in [6.45, 7) is 6.38. The van der Waals surface area contributed by atoms with Crippen LogP contribution in [0.15, 0.2) is 29.3 Å². The molecule has 0 fully saturated rings. The monoisotopic (exact) mass is 365 g/mol. The van der Waals surface area contributed by atoms with E-state index in [4.69, 9.17) is 5.73 Å². The second kappa shape index (κ2) is 9.13. The third-order valence-electron chi connectivity index (χ3n) is 2.65. The van der Waals surface area contributed by atoms with E-state index in [-0.39, 0.29) is 29.8 Å². The van der Waals surface area contributed by atoms with Crippen molar-refractivity contribution in [3.05, 3.63) is 35.6 Å². The van der Waals surface area contributed by atoms with Gasteiger partial charge in [0.15, 0.2) is 5.96 Å². The maximum Gasteiger partial charge on any atom is 0.191 e. The van der Waals surface area contributed by atoms with E-state index in [2.05, 4.69) is 4.99 Å². The minimum absolute atomic E-state index is 0. The van der Waals surface area contributed by atoms with Crippen LogP contribution < -0.4 is 5.73 Å². The van der Waals surface area contributed by atoms with Crippen LogP contribution in [0.1, 0.15) is 19.4 Å². The van der Waals surface area contributed by atoms with Gasteiger partial charge >= 0.3 is 0 Å². The number of hydrogen-bond acceptors (Lipinski definition) is 1. The quantitative estimate of drug-likeness (QED) is 0.495. The Morgan fingerprint density at radius 1 is 1.33 bits per heavy atom. The zero-order valence-corrected chi connectivity index (χ0v) is 13.2. The fourth-order valence-electron chi connectivity index (χ4n) is 1.64. The predicted molar refractivity (Wildman–Crippen MR) is 84.9 cm³/mol. The Labute approximate surface area is 125 Å². The summed E-state index contributed by atoms with van der Waals surface area (Å²) in [6.07, 6.45) is 0.708. The van der Waals surface area contributed by atoms with Gasteiger partial charge in [0.05, 0.1) is 0 Å². The number of nitrogens with zero attached hydrogens (tertiary/aromatic N) is 2. The standard InChI is InChI=1S/C13H20FN3.HI/c1-3-17(4-2)13(15)16-9-8-11-6-5-7-12(14)10-11;/h5-7,10H,3-4,8-9H2,1-2H3,(H2,15,16);1H. The van der Waals surface area contributed by atoms with Crippen molar-refractivity contribution in [1.29, 1.82) is 0 Å². The minimum Gasteiger partial charge on any atom is -0.370 e. The first kappa shape index (κ1) is 17.2. The molecular formula is C13H21FIN3. The van der Waals surface area contributed by atoms with Crippen molar-refractivity contribution < 1.29 is 4.39 Å². The largest absolute Gasteiger partial charge is 0.370 e. The second-order valence-electron chi connectivity index (χ2n) is 3.79. The van der Waals surface area contributed by atoms with E-state index >= 15 is 0 Å². The van der Waals surface area contributed by atoms with E-state index in [1.807, 2.05) is 24.8 Å². The molecule has 5 heteroatoms. The van der Waals surface area contributed by atoms with Crippen LogP contribution in [0.25, 0.3) is 0 Å². The molecular weight excluding hydrogens is 344 g/mol. The Morgan fingerprint density at radius 2 is 2.00 bits per heavy atom. The van der Waals surface area contributed by atoms with Gasteiger partial charge in [0.25, 0.3) is 0 Å². The average molecular weight is 365 g/mol. The average Bonchev–Trinajstić information content (AvgIpc) is 2.30. The molecule has 0 aliphatic carbocycles. The van der Waals surface area contributed by atoms with Crippen LogP contribution in [0, 0.1) is 5.82 Å². The molecule has 1 aromatic rings. The van der Waals surface area contributed by atoms with Gasteiger partial charge in [-0.1, -0.05) is 12.1 Å². The molecule has 0 amide bonds. The predicted octanol–water partition coefficient (Wildman–Crippen LogP) is 2.64. The molecule has 0 unspecified atom stereocenters. The molecule has 102 valence electrons. The summed E-state index contributed by atoms with van der Waals surface area (Å²) in [6, 6.07) is 6.58. The highest BCUT2D eigenvalue weighted by atomic mass is 127. The fraction of sp³-hybridized carbons (Fsp3) is 0.462. The molecule has 0 heterocycles. The summed E-state index contributed by atoms with van der Waals surface area (Å²) in [5, 5.41) is 0. The minimum atomic E-state index is -0.205. The van der Waals surface area contributed by atoms with E-state index < -0.39 is 0 Å². The number of hydrogen-bond donors (Lipinski definition) is 1. The molecule has 0 aliphatic rings.